The standard InChI is InChI=1S/C13H16N2O/c1-2-8-15(7-1)11-5-6-14-12(10-11)13-4-3-9-16-13/h1-4,7-9,11-12,14H,5-6,10H2. The van der Waals surface area contributed by atoms with Crippen LogP contribution in [-0.4, -0.2) is 11.1 Å². The number of hydrogen-bond acceptors (Lipinski definition) is 2. The predicted octanol–water partition coefficient (Wildman–Crippen LogP) is 2.75. The van der Waals surface area contributed by atoms with Crippen molar-refractivity contribution in [1.29, 1.82) is 0 Å². The molecule has 0 amide bonds. The molecular formula is C13H16N2O. The highest BCUT2D eigenvalue weighted by Gasteiger charge is 2.24. The average molecular weight is 216 g/mol. The van der Waals surface area contributed by atoms with E-state index in [0.717, 1.165) is 18.7 Å². The summed E-state index contributed by atoms with van der Waals surface area (Å²) in [6.45, 7) is 1.05. The number of piperidine rings is 1. The Labute approximate surface area is 95.1 Å². The highest BCUT2D eigenvalue weighted by atomic mass is 16.3. The van der Waals surface area contributed by atoms with Crippen molar-refractivity contribution >= 4 is 0 Å². The van der Waals surface area contributed by atoms with Gasteiger partial charge < -0.3 is 14.3 Å². The summed E-state index contributed by atoms with van der Waals surface area (Å²) < 4.78 is 7.77. The summed E-state index contributed by atoms with van der Waals surface area (Å²) in [5.74, 6) is 1.05. The molecule has 2 atom stereocenters. The first-order valence-electron chi connectivity index (χ1n) is 5.83. The van der Waals surface area contributed by atoms with Crippen molar-refractivity contribution in [2.45, 2.75) is 24.9 Å². The Morgan fingerprint density at radius 2 is 2.12 bits per heavy atom. The van der Waals surface area contributed by atoms with E-state index in [0.29, 0.717) is 12.1 Å². The second-order valence-corrected chi connectivity index (χ2v) is 4.33. The molecule has 0 radical (unpaired) electrons. The van der Waals surface area contributed by atoms with Crippen LogP contribution >= 0.6 is 0 Å². The molecule has 3 heterocycles. The largest absolute Gasteiger partial charge is 0.468 e. The van der Waals surface area contributed by atoms with Crippen molar-refractivity contribution in [3.63, 3.8) is 0 Å². The van der Waals surface area contributed by atoms with Gasteiger partial charge in [-0.25, -0.2) is 0 Å². The third-order valence-corrected chi connectivity index (χ3v) is 3.31. The highest BCUT2D eigenvalue weighted by Crippen LogP contribution is 2.30. The monoisotopic (exact) mass is 216 g/mol. The zero-order valence-corrected chi connectivity index (χ0v) is 9.17. The second-order valence-electron chi connectivity index (χ2n) is 4.33. The van der Waals surface area contributed by atoms with Crippen molar-refractivity contribution in [3.05, 3.63) is 48.7 Å². The Bertz CT molecular complexity index is 378. The minimum absolute atomic E-state index is 0.358. The van der Waals surface area contributed by atoms with Crippen molar-refractivity contribution in [2.24, 2.45) is 0 Å². The van der Waals surface area contributed by atoms with Crippen LogP contribution in [0.2, 0.25) is 0 Å². The normalized spacial score (nSPS) is 25.8. The Morgan fingerprint density at radius 3 is 2.88 bits per heavy atom. The Kier molecular flexibility index (Phi) is 2.54. The van der Waals surface area contributed by atoms with Gasteiger partial charge >= 0.3 is 0 Å². The van der Waals surface area contributed by atoms with Crippen LogP contribution in [0.4, 0.5) is 0 Å². The number of hydrogen-bond donors (Lipinski definition) is 1. The summed E-state index contributed by atoms with van der Waals surface area (Å²) in [4.78, 5) is 0. The maximum absolute atomic E-state index is 5.47. The zero-order valence-electron chi connectivity index (χ0n) is 9.17. The molecule has 0 aliphatic carbocycles. The van der Waals surface area contributed by atoms with Gasteiger partial charge in [-0.05, 0) is 43.7 Å². The molecule has 1 aliphatic heterocycles. The molecule has 2 aromatic heterocycles. The van der Waals surface area contributed by atoms with Gasteiger partial charge in [0, 0.05) is 18.4 Å². The molecule has 0 spiro atoms. The number of nitrogens with one attached hydrogen (secondary N) is 1. The van der Waals surface area contributed by atoms with Crippen LogP contribution in [0, 0.1) is 0 Å². The summed E-state index contributed by atoms with van der Waals surface area (Å²) in [7, 11) is 0. The minimum atomic E-state index is 0.358. The van der Waals surface area contributed by atoms with Crippen LogP contribution in [0.25, 0.3) is 0 Å². The fraction of sp³-hybridized carbons (Fsp3) is 0.385. The molecule has 3 nitrogen and oxygen atoms in total. The lowest BCUT2D eigenvalue weighted by Gasteiger charge is -2.30. The Morgan fingerprint density at radius 1 is 1.25 bits per heavy atom. The van der Waals surface area contributed by atoms with Crippen LogP contribution < -0.4 is 5.32 Å². The molecule has 1 N–H and O–H groups in total. The maximum atomic E-state index is 5.47. The first kappa shape index (κ1) is 9.73. The molecule has 1 aliphatic rings. The molecule has 1 saturated heterocycles. The molecule has 2 aromatic rings. The van der Waals surface area contributed by atoms with E-state index in [9.17, 15) is 0 Å². The average Bonchev–Trinajstić information content (AvgIpc) is 3.03. The predicted molar refractivity (Wildman–Crippen MR) is 62.2 cm³/mol. The third-order valence-electron chi connectivity index (χ3n) is 3.31. The van der Waals surface area contributed by atoms with E-state index >= 15 is 0 Å². The van der Waals surface area contributed by atoms with Gasteiger partial charge in [0.25, 0.3) is 0 Å². The van der Waals surface area contributed by atoms with Gasteiger partial charge in [0.2, 0.25) is 0 Å². The second kappa shape index (κ2) is 4.18. The van der Waals surface area contributed by atoms with Crippen LogP contribution in [0.3, 0.4) is 0 Å². The van der Waals surface area contributed by atoms with Crippen molar-refractivity contribution in [2.75, 3.05) is 6.54 Å². The number of furan rings is 1. The first-order chi connectivity index (χ1) is 7.93. The molecule has 2 unspecified atom stereocenters. The van der Waals surface area contributed by atoms with Crippen LogP contribution in [-0.2, 0) is 0 Å². The number of rotatable bonds is 2. The summed E-state index contributed by atoms with van der Waals surface area (Å²) in [6, 6.07) is 9.13. The topological polar surface area (TPSA) is 30.1 Å². The molecule has 3 rings (SSSR count). The van der Waals surface area contributed by atoms with Gasteiger partial charge in [-0.15, -0.1) is 0 Å². The molecule has 1 fully saturated rings. The van der Waals surface area contributed by atoms with Crippen LogP contribution in [0.15, 0.2) is 47.3 Å². The summed E-state index contributed by atoms with van der Waals surface area (Å²) in [5, 5.41) is 3.51. The molecule has 84 valence electrons. The fourth-order valence-electron chi connectivity index (χ4n) is 2.47. The molecule has 0 saturated carbocycles. The maximum Gasteiger partial charge on any atom is 0.120 e. The summed E-state index contributed by atoms with van der Waals surface area (Å²) in [6.07, 6.45) is 8.33. The van der Waals surface area contributed by atoms with E-state index in [1.807, 2.05) is 6.07 Å². The van der Waals surface area contributed by atoms with Gasteiger partial charge in [0.1, 0.15) is 5.76 Å². The van der Waals surface area contributed by atoms with Crippen LogP contribution in [0.1, 0.15) is 30.7 Å². The van der Waals surface area contributed by atoms with Gasteiger partial charge in [-0.3, -0.25) is 0 Å². The Balaban J connectivity index is 1.75. The lowest BCUT2D eigenvalue weighted by molar-refractivity contribution is 0.276. The number of aromatic nitrogens is 1. The van der Waals surface area contributed by atoms with Gasteiger partial charge in [0.05, 0.1) is 12.3 Å². The fourth-order valence-corrected chi connectivity index (χ4v) is 2.47. The lowest BCUT2D eigenvalue weighted by Crippen LogP contribution is -2.32. The first-order valence-corrected chi connectivity index (χ1v) is 5.83. The molecule has 0 bridgehead atoms. The number of nitrogens with zero attached hydrogens (tertiary/aromatic N) is 1. The lowest BCUT2D eigenvalue weighted by atomic mass is 9.97. The molecular weight excluding hydrogens is 200 g/mol. The van der Waals surface area contributed by atoms with E-state index < -0.39 is 0 Å². The molecule has 0 aromatic carbocycles. The van der Waals surface area contributed by atoms with E-state index in [-0.39, 0.29) is 0 Å². The molecule has 3 heteroatoms. The summed E-state index contributed by atoms with van der Waals surface area (Å²) >= 11 is 0. The van der Waals surface area contributed by atoms with Gasteiger partial charge in [-0.2, -0.15) is 0 Å². The Hall–Kier alpha value is -1.48. The smallest absolute Gasteiger partial charge is 0.120 e. The highest BCUT2D eigenvalue weighted by molar-refractivity contribution is 5.07. The van der Waals surface area contributed by atoms with E-state index in [1.54, 1.807) is 6.26 Å². The van der Waals surface area contributed by atoms with Crippen molar-refractivity contribution in [1.82, 2.24) is 9.88 Å². The quantitative estimate of drug-likeness (QED) is 0.836. The molecule has 16 heavy (non-hydrogen) atoms. The third kappa shape index (κ3) is 1.78. The minimum Gasteiger partial charge on any atom is -0.468 e. The summed E-state index contributed by atoms with van der Waals surface area (Å²) in [5.41, 5.74) is 0. The van der Waals surface area contributed by atoms with Crippen LogP contribution in [0.5, 0.6) is 0 Å². The SMILES string of the molecule is c1coc(C2CC(n3cccc3)CCN2)c1. The van der Waals surface area contributed by atoms with E-state index in [4.69, 9.17) is 4.42 Å². The zero-order chi connectivity index (χ0) is 10.8. The van der Waals surface area contributed by atoms with E-state index in [2.05, 4.69) is 40.5 Å². The van der Waals surface area contributed by atoms with E-state index in [1.165, 1.54) is 6.42 Å². The van der Waals surface area contributed by atoms with Gasteiger partial charge in [-0.1, -0.05) is 0 Å². The van der Waals surface area contributed by atoms with Crippen molar-refractivity contribution in [3.8, 4) is 0 Å². The van der Waals surface area contributed by atoms with Gasteiger partial charge in [0.15, 0.2) is 0 Å². The van der Waals surface area contributed by atoms with Crippen molar-refractivity contribution < 1.29 is 4.42 Å².